The zero-order chi connectivity index (χ0) is 8.97. The van der Waals surface area contributed by atoms with E-state index in [1.807, 2.05) is 0 Å². The first-order chi connectivity index (χ1) is 5.74. The molecule has 0 aromatic carbocycles. The zero-order valence-corrected chi connectivity index (χ0v) is 9.11. The summed E-state index contributed by atoms with van der Waals surface area (Å²) in [6.07, 6.45) is 7.98. The molecule has 0 aromatic heterocycles. The average molecular weight is 189 g/mol. The Hall–Kier alpha value is 0.290. The van der Waals surface area contributed by atoms with Crippen molar-refractivity contribution in [3.8, 4) is 0 Å². The van der Waals surface area contributed by atoms with Gasteiger partial charge in [-0.15, -0.1) is 11.6 Å². The van der Waals surface area contributed by atoms with Crippen molar-refractivity contribution in [1.82, 2.24) is 0 Å². The van der Waals surface area contributed by atoms with Gasteiger partial charge in [0.2, 0.25) is 0 Å². The molecule has 0 heterocycles. The minimum Gasteiger partial charge on any atom is -0.123 e. The standard InChI is InChI=1S/C11H21Cl/c1-3-9(2)10-6-4-5-7-11(12)8-10/h9-11H,3-8H2,1-2H3. The normalized spacial score (nSPS) is 34.2. The van der Waals surface area contributed by atoms with Gasteiger partial charge in [-0.05, 0) is 24.7 Å². The van der Waals surface area contributed by atoms with E-state index in [1.54, 1.807) is 0 Å². The molecule has 0 bridgehead atoms. The van der Waals surface area contributed by atoms with Gasteiger partial charge in [-0.3, -0.25) is 0 Å². The van der Waals surface area contributed by atoms with Crippen LogP contribution < -0.4 is 0 Å². The predicted octanol–water partition coefficient (Wildman–Crippen LogP) is 4.22. The number of alkyl halides is 1. The fourth-order valence-corrected chi connectivity index (χ4v) is 2.57. The van der Waals surface area contributed by atoms with Crippen molar-refractivity contribution in [1.29, 1.82) is 0 Å². The van der Waals surface area contributed by atoms with Gasteiger partial charge < -0.3 is 0 Å². The first-order valence-corrected chi connectivity index (χ1v) is 5.81. The zero-order valence-electron chi connectivity index (χ0n) is 8.35. The molecule has 1 saturated carbocycles. The maximum absolute atomic E-state index is 6.22. The summed E-state index contributed by atoms with van der Waals surface area (Å²) in [4.78, 5) is 0. The highest BCUT2D eigenvalue weighted by Crippen LogP contribution is 2.32. The molecule has 0 aliphatic heterocycles. The Morgan fingerprint density at radius 3 is 2.67 bits per heavy atom. The Balaban J connectivity index is 2.40. The number of rotatable bonds is 2. The van der Waals surface area contributed by atoms with Crippen LogP contribution in [0.4, 0.5) is 0 Å². The average Bonchev–Trinajstić information content (AvgIpc) is 2.28. The predicted molar refractivity (Wildman–Crippen MR) is 55.7 cm³/mol. The summed E-state index contributed by atoms with van der Waals surface area (Å²) in [7, 11) is 0. The quantitative estimate of drug-likeness (QED) is 0.450. The molecule has 3 atom stereocenters. The minimum atomic E-state index is 0.464. The molecule has 1 aliphatic carbocycles. The van der Waals surface area contributed by atoms with E-state index >= 15 is 0 Å². The van der Waals surface area contributed by atoms with Crippen LogP contribution in [0.5, 0.6) is 0 Å². The molecule has 0 spiro atoms. The molecule has 1 rings (SSSR count). The van der Waals surface area contributed by atoms with E-state index in [4.69, 9.17) is 11.6 Å². The van der Waals surface area contributed by atoms with E-state index < -0.39 is 0 Å². The fourth-order valence-electron chi connectivity index (χ4n) is 2.19. The Morgan fingerprint density at radius 2 is 2.00 bits per heavy atom. The van der Waals surface area contributed by atoms with E-state index in [0.29, 0.717) is 5.38 Å². The van der Waals surface area contributed by atoms with Crippen LogP contribution in [0, 0.1) is 11.8 Å². The van der Waals surface area contributed by atoms with Gasteiger partial charge in [-0.2, -0.15) is 0 Å². The van der Waals surface area contributed by atoms with Crippen LogP contribution in [0.3, 0.4) is 0 Å². The van der Waals surface area contributed by atoms with E-state index in [-0.39, 0.29) is 0 Å². The van der Waals surface area contributed by atoms with Crippen LogP contribution in [-0.2, 0) is 0 Å². The van der Waals surface area contributed by atoms with Crippen LogP contribution in [0.25, 0.3) is 0 Å². The Labute approximate surface area is 81.7 Å². The van der Waals surface area contributed by atoms with E-state index in [1.165, 1.54) is 38.5 Å². The Bertz CT molecular complexity index is 122. The van der Waals surface area contributed by atoms with Gasteiger partial charge in [0.25, 0.3) is 0 Å². The summed E-state index contributed by atoms with van der Waals surface area (Å²) in [5, 5.41) is 0.464. The number of hydrogen-bond acceptors (Lipinski definition) is 0. The lowest BCUT2D eigenvalue weighted by molar-refractivity contribution is 0.313. The van der Waals surface area contributed by atoms with Crippen LogP contribution in [0.2, 0.25) is 0 Å². The molecular weight excluding hydrogens is 168 g/mol. The highest BCUT2D eigenvalue weighted by molar-refractivity contribution is 6.20. The SMILES string of the molecule is CCC(C)C1CCCCC(Cl)C1. The highest BCUT2D eigenvalue weighted by Gasteiger charge is 2.21. The molecule has 1 heteroatoms. The molecule has 0 aromatic rings. The van der Waals surface area contributed by atoms with Crippen molar-refractivity contribution >= 4 is 11.6 Å². The van der Waals surface area contributed by atoms with E-state index in [2.05, 4.69) is 13.8 Å². The molecule has 12 heavy (non-hydrogen) atoms. The monoisotopic (exact) mass is 188 g/mol. The lowest BCUT2D eigenvalue weighted by Crippen LogP contribution is -2.13. The van der Waals surface area contributed by atoms with Crippen LogP contribution in [0.1, 0.15) is 52.4 Å². The Kier molecular flexibility index (Phi) is 4.42. The Morgan fingerprint density at radius 1 is 1.33 bits per heavy atom. The van der Waals surface area contributed by atoms with Gasteiger partial charge in [0, 0.05) is 5.38 Å². The number of hydrogen-bond donors (Lipinski definition) is 0. The van der Waals surface area contributed by atoms with Crippen molar-refractivity contribution in [2.45, 2.75) is 57.7 Å². The second kappa shape index (κ2) is 5.11. The third kappa shape index (κ3) is 2.97. The van der Waals surface area contributed by atoms with Gasteiger partial charge in [0.1, 0.15) is 0 Å². The summed E-state index contributed by atoms with van der Waals surface area (Å²) in [6.45, 7) is 4.67. The molecule has 0 N–H and O–H groups in total. The van der Waals surface area contributed by atoms with E-state index in [0.717, 1.165) is 11.8 Å². The summed E-state index contributed by atoms with van der Waals surface area (Å²) in [6, 6.07) is 0. The molecule has 1 fully saturated rings. The van der Waals surface area contributed by atoms with Gasteiger partial charge in [0.15, 0.2) is 0 Å². The lowest BCUT2D eigenvalue weighted by atomic mass is 9.86. The van der Waals surface area contributed by atoms with Crippen molar-refractivity contribution in [2.24, 2.45) is 11.8 Å². The maximum atomic E-state index is 6.22. The van der Waals surface area contributed by atoms with Gasteiger partial charge in [-0.25, -0.2) is 0 Å². The second-order valence-electron chi connectivity index (χ2n) is 4.26. The minimum absolute atomic E-state index is 0.464. The highest BCUT2D eigenvalue weighted by atomic mass is 35.5. The van der Waals surface area contributed by atoms with Crippen LogP contribution in [0.15, 0.2) is 0 Å². The molecule has 0 saturated heterocycles. The smallest absolute Gasteiger partial charge is 0.0338 e. The molecule has 0 amide bonds. The van der Waals surface area contributed by atoms with Crippen molar-refractivity contribution in [2.75, 3.05) is 0 Å². The van der Waals surface area contributed by atoms with Gasteiger partial charge in [0.05, 0.1) is 0 Å². The lowest BCUT2D eigenvalue weighted by Gasteiger charge is -2.22. The molecule has 3 unspecified atom stereocenters. The first-order valence-electron chi connectivity index (χ1n) is 5.38. The van der Waals surface area contributed by atoms with Crippen molar-refractivity contribution < 1.29 is 0 Å². The second-order valence-corrected chi connectivity index (χ2v) is 4.88. The topological polar surface area (TPSA) is 0 Å². The van der Waals surface area contributed by atoms with Crippen molar-refractivity contribution in [3.05, 3.63) is 0 Å². The van der Waals surface area contributed by atoms with Crippen molar-refractivity contribution in [3.63, 3.8) is 0 Å². The molecular formula is C11H21Cl. The molecule has 0 radical (unpaired) electrons. The third-order valence-corrected chi connectivity index (χ3v) is 3.75. The van der Waals surface area contributed by atoms with Gasteiger partial charge in [-0.1, -0.05) is 39.5 Å². The van der Waals surface area contributed by atoms with Crippen LogP contribution >= 0.6 is 11.6 Å². The first kappa shape index (κ1) is 10.4. The largest absolute Gasteiger partial charge is 0.123 e. The fraction of sp³-hybridized carbons (Fsp3) is 1.00. The molecule has 72 valence electrons. The third-order valence-electron chi connectivity index (χ3n) is 3.35. The summed E-state index contributed by atoms with van der Waals surface area (Å²) < 4.78 is 0. The summed E-state index contributed by atoms with van der Waals surface area (Å²) in [5.74, 6) is 1.78. The molecule has 1 aliphatic rings. The van der Waals surface area contributed by atoms with Gasteiger partial charge >= 0.3 is 0 Å². The number of halogens is 1. The van der Waals surface area contributed by atoms with E-state index in [9.17, 15) is 0 Å². The maximum Gasteiger partial charge on any atom is 0.0338 e. The summed E-state index contributed by atoms with van der Waals surface area (Å²) >= 11 is 6.22. The van der Waals surface area contributed by atoms with Crippen LogP contribution in [-0.4, -0.2) is 5.38 Å². The molecule has 0 nitrogen and oxygen atoms in total. The summed E-state index contributed by atoms with van der Waals surface area (Å²) in [5.41, 5.74) is 0.